The molecule has 4 aliphatic rings. The zero-order valence-corrected chi connectivity index (χ0v) is 25.6. The van der Waals surface area contributed by atoms with Crippen molar-refractivity contribution < 1.29 is 74.1 Å². The standard InChI is InChI=1S/C25H46N8O15/c26-6-1-7(27)20(46-24-13(29)18(41)16(39)9(4-34)44-24)22(14(6)37)48-25-19(42)21(10(5-35)45-25)47-23-12(28)17(40)15(38)8(43-23)2-31-11(36)3-32-33-30/h6-10,12-25,34-35,37-42H,1-5,26-29H2,(H,31,36). The molecule has 0 spiro atoms. The minimum atomic E-state index is -1.71. The van der Waals surface area contributed by atoms with Crippen LogP contribution in [0, 0.1) is 0 Å². The lowest BCUT2D eigenvalue weighted by Crippen LogP contribution is -2.68. The van der Waals surface area contributed by atoms with E-state index in [-0.39, 0.29) is 13.0 Å². The van der Waals surface area contributed by atoms with Gasteiger partial charge in [0.25, 0.3) is 0 Å². The van der Waals surface area contributed by atoms with Gasteiger partial charge in [-0.15, -0.1) is 0 Å². The van der Waals surface area contributed by atoms with E-state index in [1.807, 2.05) is 0 Å². The molecule has 1 amide bonds. The van der Waals surface area contributed by atoms with Gasteiger partial charge in [-0.3, -0.25) is 4.79 Å². The highest BCUT2D eigenvalue weighted by Crippen LogP contribution is 2.34. The van der Waals surface area contributed by atoms with E-state index in [9.17, 15) is 45.6 Å². The fourth-order valence-electron chi connectivity index (χ4n) is 6.04. The molecule has 17 N–H and O–H groups in total. The van der Waals surface area contributed by atoms with E-state index in [0.29, 0.717) is 0 Å². The third-order valence-electron chi connectivity index (χ3n) is 8.86. The highest BCUT2D eigenvalue weighted by molar-refractivity contribution is 5.78. The Morgan fingerprint density at radius 1 is 0.708 bits per heavy atom. The number of nitrogens with zero attached hydrogens (tertiary/aromatic N) is 3. The number of hydrogen-bond donors (Lipinski definition) is 13. The average Bonchev–Trinajstić information content (AvgIpc) is 3.36. The molecule has 23 heteroatoms. The second kappa shape index (κ2) is 16.8. The molecule has 19 atom stereocenters. The number of carbonyl (C=O) groups is 1. The second-order valence-corrected chi connectivity index (χ2v) is 12.2. The molecule has 1 saturated carbocycles. The summed E-state index contributed by atoms with van der Waals surface area (Å²) in [4.78, 5) is 14.3. The van der Waals surface area contributed by atoms with Crippen LogP contribution in [0.5, 0.6) is 0 Å². The number of carbonyl (C=O) groups excluding carboxylic acids is 1. The summed E-state index contributed by atoms with van der Waals surface area (Å²) in [5, 5.41) is 88.8. The first-order valence-corrected chi connectivity index (χ1v) is 15.3. The number of aliphatic hydroxyl groups is 8. The molecular weight excluding hydrogens is 652 g/mol. The van der Waals surface area contributed by atoms with E-state index in [2.05, 4.69) is 15.3 Å². The molecule has 4 rings (SSSR count). The summed E-state index contributed by atoms with van der Waals surface area (Å²) >= 11 is 0. The number of hydrogen-bond acceptors (Lipinski definition) is 20. The van der Waals surface area contributed by atoms with Crippen LogP contribution in [0.2, 0.25) is 0 Å². The molecule has 19 unspecified atom stereocenters. The third kappa shape index (κ3) is 8.33. The summed E-state index contributed by atoms with van der Waals surface area (Å²) in [7, 11) is 0. The molecule has 0 aromatic rings. The number of ether oxygens (including phenoxy) is 6. The van der Waals surface area contributed by atoms with Gasteiger partial charge >= 0.3 is 0 Å². The van der Waals surface area contributed by atoms with Crippen LogP contribution in [0.1, 0.15) is 6.42 Å². The number of rotatable bonds is 12. The van der Waals surface area contributed by atoms with Crippen LogP contribution in [0.25, 0.3) is 10.4 Å². The number of azide groups is 1. The monoisotopic (exact) mass is 698 g/mol. The fourth-order valence-corrected chi connectivity index (χ4v) is 6.04. The molecule has 0 bridgehead atoms. The molecular formula is C25H46N8O15. The number of nitrogens with one attached hydrogen (secondary N) is 1. The van der Waals surface area contributed by atoms with Crippen molar-refractivity contribution in [3.05, 3.63) is 10.4 Å². The van der Waals surface area contributed by atoms with Crippen molar-refractivity contribution in [2.75, 3.05) is 26.3 Å². The van der Waals surface area contributed by atoms with Crippen molar-refractivity contribution in [3.63, 3.8) is 0 Å². The van der Waals surface area contributed by atoms with Crippen LogP contribution >= 0.6 is 0 Å². The van der Waals surface area contributed by atoms with Gasteiger partial charge in [-0.2, -0.15) is 0 Å². The van der Waals surface area contributed by atoms with Crippen molar-refractivity contribution in [2.24, 2.45) is 28.0 Å². The van der Waals surface area contributed by atoms with Gasteiger partial charge in [0.15, 0.2) is 18.9 Å². The van der Waals surface area contributed by atoms with Crippen LogP contribution in [0.3, 0.4) is 0 Å². The van der Waals surface area contributed by atoms with Crippen molar-refractivity contribution >= 4 is 5.91 Å². The number of amides is 1. The average molecular weight is 699 g/mol. The highest BCUT2D eigenvalue weighted by Gasteiger charge is 2.54. The normalized spacial score (nSPS) is 48.1. The van der Waals surface area contributed by atoms with Gasteiger partial charge in [-0.1, -0.05) is 5.11 Å². The predicted octanol–water partition coefficient (Wildman–Crippen LogP) is -8.39. The summed E-state index contributed by atoms with van der Waals surface area (Å²) in [6.07, 6.45) is -22.0. The van der Waals surface area contributed by atoms with Crippen molar-refractivity contribution in [1.29, 1.82) is 0 Å². The zero-order valence-electron chi connectivity index (χ0n) is 25.6. The molecule has 48 heavy (non-hydrogen) atoms. The lowest BCUT2D eigenvalue weighted by atomic mass is 9.84. The van der Waals surface area contributed by atoms with E-state index in [0.717, 1.165) is 0 Å². The summed E-state index contributed by atoms with van der Waals surface area (Å²) < 4.78 is 34.6. The Morgan fingerprint density at radius 3 is 1.81 bits per heavy atom. The zero-order chi connectivity index (χ0) is 35.4. The van der Waals surface area contributed by atoms with Crippen LogP contribution in [-0.2, 0) is 33.2 Å². The predicted molar refractivity (Wildman–Crippen MR) is 154 cm³/mol. The molecule has 0 aromatic heterocycles. The van der Waals surface area contributed by atoms with Crippen molar-refractivity contribution in [3.8, 4) is 0 Å². The van der Waals surface area contributed by atoms with E-state index in [1.165, 1.54) is 0 Å². The Balaban J connectivity index is 1.47. The minimum Gasteiger partial charge on any atom is -0.394 e. The topological polar surface area (TPSA) is 399 Å². The number of nitrogens with two attached hydrogens (primary N) is 4. The first kappa shape index (κ1) is 38.9. The molecule has 1 aliphatic carbocycles. The van der Waals surface area contributed by atoms with E-state index in [1.54, 1.807) is 0 Å². The Labute approximate surface area is 273 Å². The fraction of sp³-hybridized carbons (Fsp3) is 0.960. The van der Waals surface area contributed by atoms with Gasteiger partial charge in [-0.25, -0.2) is 0 Å². The molecule has 0 aromatic carbocycles. The maximum absolute atomic E-state index is 11.8. The Kier molecular flexibility index (Phi) is 13.6. The molecule has 3 aliphatic heterocycles. The van der Waals surface area contributed by atoms with Gasteiger partial charge in [0, 0.05) is 23.5 Å². The third-order valence-corrected chi connectivity index (χ3v) is 8.86. The summed E-state index contributed by atoms with van der Waals surface area (Å²) in [5.74, 6) is -0.698. The Morgan fingerprint density at radius 2 is 1.23 bits per heavy atom. The van der Waals surface area contributed by atoms with Gasteiger partial charge in [0.05, 0.1) is 31.4 Å². The largest absolute Gasteiger partial charge is 0.394 e. The lowest BCUT2D eigenvalue weighted by molar-refractivity contribution is -0.310. The summed E-state index contributed by atoms with van der Waals surface area (Å²) in [6, 6.07) is -4.56. The van der Waals surface area contributed by atoms with E-state index < -0.39 is 142 Å². The smallest absolute Gasteiger partial charge is 0.225 e. The van der Waals surface area contributed by atoms with E-state index in [4.69, 9.17) is 56.9 Å². The molecule has 3 heterocycles. The first-order chi connectivity index (χ1) is 22.7. The van der Waals surface area contributed by atoms with Gasteiger partial charge in [0.2, 0.25) is 5.91 Å². The summed E-state index contributed by atoms with van der Waals surface area (Å²) in [5.41, 5.74) is 32.8. The van der Waals surface area contributed by atoms with Crippen molar-refractivity contribution in [2.45, 2.75) is 123 Å². The van der Waals surface area contributed by atoms with Crippen molar-refractivity contribution in [1.82, 2.24) is 5.32 Å². The molecule has 23 nitrogen and oxygen atoms in total. The quantitative estimate of drug-likeness (QED) is 0.0511. The van der Waals surface area contributed by atoms with Gasteiger partial charge < -0.3 is 97.5 Å². The molecule has 3 saturated heterocycles. The Hall–Kier alpha value is -1.94. The first-order valence-electron chi connectivity index (χ1n) is 15.3. The second-order valence-electron chi connectivity index (χ2n) is 12.2. The minimum absolute atomic E-state index is 0.0274. The van der Waals surface area contributed by atoms with Crippen LogP contribution < -0.4 is 28.3 Å². The molecule has 276 valence electrons. The Bertz CT molecular complexity index is 1110. The van der Waals surface area contributed by atoms with Crippen LogP contribution in [0.4, 0.5) is 0 Å². The number of aliphatic hydroxyl groups excluding tert-OH is 8. The molecule has 0 radical (unpaired) electrons. The SMILES string of the molecule is [N-]=[N+]=NCC(=O)NCC1OC(OC2C(CO)OC(OC3C(O)C(N)CC(N)C3OC3OC(CO)C(O)C(O)C3N)C2O)C(N)C(O)C1O. The maximum Gasteiger partial charge on any atom is 0.225 e. The van der Waals surface area contributed by atoms with Crippen LogP contribution in [0.15, 0.2) is 5.11 Å². The van der Waals surface area contributed by atoms with Crippen LogP contribution in [-0.4, -0.2) is 189 Å². The van der Waals surface area contributed by atoms with Gasteiger partial charge in [0.1, 0.15) is 73.7 Å². The highest BCUT2D eigenvalue weighted by atomic mass is 16.8. The lowest BCUT2D eigenvalue weighted by Gasteiger charge is -2.47. The van der Waals surface area contributed by atoms with E-state index >= 15 is 0 Å². The summed E-state index contributed by atoms with van der Waals surface area (Å²) in [6.45, 7) is -2.29. The maximum atomic E-state index is 11.8. The van der Waals surface area contributed by atoms with Gasteiger partial charge in [-0.05, 0) is 12.0 Å². The molecule has 4 fully saturated rings.